The first kappa shape index (κ1) is 21.6. The van der Waals surface area contributed by atoms with Crippen molar-refractivity contribution in [2.45, 2.75) is 19.2 Å². The number of alkyl halides is 3. The van der Waals surface area contributed by atoms with Crippen molar-refractivity contribution in [2.24, 2.45) is 5.92 Å². The van der Waals surface area contributed by atoms with Crippen molar-refractivity contribution in [3.63, 3.8) is 0 Å². The summed E-state index contributed by atoms with van der Waals surface area (Å²) in [5.74, 6) is -1.56. The van der Waals surface area contributed by atoms with E-state index in [4.69, 9.17) is 0 Å². The molecule has 2 amide bonds. The van der Waals surface area contributed by atoms with E-state index in [9.17, 15) is 27.2 Å². The molecule has 0 atom stereocenters. The lowest BCUT2D eigenvalue weighted by atomic mass is 9.96. The van der Waals surface area contributed by atoms with Gasteiger partial charge in [0, 0.05) is 25.2 Å². The van der Waals surface area contributed by atoms with Crippen molar-refractivity contribution in [1.29, 1.82) is 0 Å². The summed E-state index contributed by atoms with van der Waals surface area (Å²) in [5, 5.41) is 2.76. The highest BCUT2D eigenvalue weighted by Gasteiger charge is 2.31. The molecular weight excluding hydrogens is 404 g/mol. The minimum atomic E-state index is -4.79. The number of ether oxygens (including phenoxy) is 1. The summed E-state index contributed by atoms with van der Waals surface area (Å²) in [6.07, 6.45) is -3.48. The largest absolute Gasteiger partial charge is 0.573 e. The Kier molecular flexibility index (Phi) is 6.59. The Balaban J connectivity index is 1.46. The second kappa shape index (κ2) is 9.15. The molecule has 0 unspecified atom stereocenters. The first-order valence-corrected chi connectivity index (χ1v) is 9.41. The van der Waals surface area contributed by atoms with Crippen LogP contribution >= 0.6 is 0 Å². The topological polar surface area (TPSA) is 58.6 Å². The summed E-state index contributed by atoms with van der Waals surface area (Å²) in [6, 6.07) is 10.5. The number of halogens is 4. The Labute approximate surface area is 170 Å². The second-order valence-corrected chi connectivity index (χ2v) is 7.00. The highest BCUT2D eigenvalue weighted by atomic mass is 19.4. The fraction of sp³-hybridized carbons (Fsp3) is 0.333. The Morgan fingerprint density at radius 2 is 1.67 bits per heavy atom. The number of likely N-dealkylation sites (tertiary alicyclic amines) is 1. The van der Waals surface area contributed by atoms with Crippen LogP contribution in [0.1, 0.15) is 33.6 Å². The van der Waals surface area contributed by atoms with E-state index < -0.39 is 23.8 Å². The van der Waals surface area contributed by atoms with E-state index in [1.165, 1.54) is 30.3 Å². The number of amides is 2. The van der Waals surface area contributed by atoms with Gasteiger partial charge in [0.15, 0.2) is 0 Å². The van der Waals surface area contributed by atoms with E-state index in [2.05, 4.69) is 10.1 Å². The zero-order valence-corrected chi connectivity index (χ0v) is 15.9. The summed E-state index contributed by atoms with van der Waals surface area (Å²) < 4.78 is 54.1. The van der Waals surface area contributed by atoms with Gasteiger partial charge in [-0.05, 0) is 55.2 Å². The molecule has 1 saturated heterocycles. The third-order valence-electron chi connectivity index (χ3n) is 4.91. The highest BCUT2D eigenvalue weighted by molar-refractivity contribution is 5.95. The number of hydrogen-bond donors (Lipinski definition) is 1. The fourth-order valence-corrected chi connectivity index (χ4v) is 3.29. The zero-order chi connectivity index (χ0) is 21.7. The van der Waals surface area contributed by atoms with Crippen molar-refractivity contribution >= 4 is 11.8 Å². The Morgan fingerprint density at radius 3 is 2.27 bits per heavy atom. The molecule has 0 radical (unpaired) electrons. The van der Waals surface area contributed by atoms with Gasteiger partial charge in [-0.2, -0.15) is 0 Å². The lowest BCUT2D eigenvalue weighted by Crippen LogP contribution is -2.41. The molecule has 2 aromatic carbocycles. The minimum Gasteiger partial charge on any atom is -0.406 e. The van der Waals surface area contributed by atoms with Gasteiger partial charge in [0.25, 0.3) is 11.8 Å². The van der Waals surface area contributed by atoms with Gasteiger partial charge < -0.3 is 15.0 Å². The van der Waals surface area contributed by atoms with Crippen LogP contribution in [0, 0.1) is 11.7 Å². The molecule has 30 heavy (non-hydrogen) atoms. The maximum Gasteiger partial charge on any atom is 0.573 e. The average Bonchev–Trinajstić information content (AvgIpc) is 2.71. The molecule has 0 aromatic heterocycles. The zero-order valence-electron chi connectivity index (χ0n) is 15.9. The molecule has 0 aliphatic carbocycles. The normalized spacial score (nSPS) is 15.0. The van der Waals surface area contributed by atoms with E-state index in [1.54, 1.807) is 11.0 Å². The lowest BCUT2D eigenvalue weighted by Gasteiger charge is -2.32. The number of benzene rings is 2. The van der Waals surface area contributed by atoms with Crippen molar-refractivity contribution in [3.8, 4) is 5.75 Å². The number of carbonyl (C=O) groups is 2. The van der Waals surface area contributed by atoms with Crippen molar-refractivity contribution < 1.29 is 31.9 Å². The summed E-state index contributed by atoms with van der Waals surface area (Å²) >= 11 is 0. The number of nitrogens with zero attached hydrogens (tertiary/aromatic N) is 1. The molecule has 1 aliphatic rings. The van der Waals surface area contributed by atoms with Crippen LogP contribution in [0.3, 0.4) is 0 Å². The first-order chi connectivity index (χ1) is 14.2. The van der Waals surface area contributed by atoms with Crippen molar-refractivity contribution in [3.05, 3.63) is 65.5 Å². The lowest BCUT2D eigenvalue weighted by molar-refractivity contribution is -0.274. The molecule has 0 saturated carbocycles. The summed E-state index contributed by atoms with van der Waals surface area (Å²) in [4.78, 5) is 26.2. The van der Waals surface area contributed by atoms with Gasteiger partial charge in [0.05, 0.1) is 5.56 Å². The quantitative estimate of drug-likeness (QED) is 0.738. The van der Waals surface area contributed by atoms with Gasteiger partial charge in [-0.1, -0.05) is 12.1 Å². The van der Waals surface area contributed by atoms with E-state index in [0.29, 0.717) is 32.5 Å². The van der Waals surface area contributed by atoms with E-state index in [0.717, 1.165) is 12.1 Å². The molecule has 1 aliphatic heterocycles. The molecule has 160 valence electrons. The molecule has 9 heteroatoms. The van der Waals surface area contributed by atoms with Gasteiger partial charge in [-0.25, -0.2) is 4.39 Å². The maximum absolute atomic E-state index is 13.8. The first-order valence-electron chi connectivity index (χ1n) is 9.41. The average molecular weight is 424 g/mol. The molecule has 0 bridgehead atoms. The Bertz CT molecular complexity index is 892. The standard InChI is InChI=1S/C21H20F4N2O3/c22-18-4-2-1-3-17(18)20(29)27-11-9-14(10-12-27)13-26-19(28)15-5-7-16(8-6-15)30-21(23,24)25/h1-8,14H,9-13H2,(H,26,28). The fourth-order valence-electron chi connectivity index (χ4n) is 3.29. The van der Waals surface area contributed by atoms with Crippen LogP contribution in [0.4, 0.5) is 17.6 Å². The summed E-state index contributed by atoms with van der Waals surface area (Å²) in [5.41, 5.74) is 0.263. The van der Waals surface area contributed by atoms with Crippen LogP contribution in [0.25, 0.3) is 0 Å². The van der Waals surface area contributed by atoms with Gasteiger partial charge in [0.1, 0.15) is 11.6 Å². The van der Waals surface area contributed by atoms with E-state index in [1.807, 2.05) is 0 Å². The smallest absolute Gasteiger partial charge is 0.406 e. The third-order valence-corrected chi connectivity index (χ3v) is 4.91. The van der Waals surface area contributed by atoms with Gasteiger partial charge >= 0.3 is 6.36 Å². The third kappa shape index (κ3) is 5.71. The van der Waals surface area contributed by atoms with Crippen LogP contribution < -0.4 is 10.1 Å². The molecule has 2 aromatic rings. The molecule has 1 N–H and O–H groups in total. The number of carbonyl (C=O) groups excluding carboxylic acids is 2. The minimum absolute atomic E-state index is 0.0437. The number of rotatable bonds is 5. The molecule has 5 nitrogen and oxygen atoms in total. The monoisotopic (exact) mass is 424 g/mol. The summed E-state index contributed by atoms with van der Waals surface area (Å²) in [7, 11) is 0. The molecular formula is C21H20F4N2O3. The number of piperidine rings is 1. The second-order valence-electron chi connectivity index (χ2n) is 7.00. The van der Waals surface area contributed by atoms with Crippen LogP contribution in [0.15, 0.2) is 48.5 Å². The van der Waals surface area contributed by atoms with Gasteiger partial charge in [-0.15, -0.1) is 13.2 Å². The van der Waals surface area contributed by atoms with Crippen molar-refractivity contribution in [1.82, 2.24) is 10.2 Å². The SMILES string of the molecule is O=C(NCC1CCN(C(=O)c2ccccc2F)CC1)c1ccc(OC(F)(F)F)cc1. The van der Waals surface area contributed by atoms with E-state index in [-0.39, 0.29) is 23.0 Å². The van der Waals surface area contributed by atoms with Crippen LogP contribution in [-0.2, 0) is 0 Å². The van der Waals surface area contributed by atoms with Crippen LogP contribution in [0.5, 0.6) is 5.75 Å². The summed E-state index contributed by atoms with van der Waals surface area (Å²) in [6.45, 7) is 1.29. The maximum atomic E-state index is 13.8. The van der Waals surface area contributed by atoms with Crippen molar-refractivity contribution in [2.75, 3.05) is 19.6 Å². The van der Waals surface area contributed by atoms with Gasteiger partial charge in [-0.3, -0.25) is 9.59 Å². The predicted octanol–water partition coefficient (Wildman–Crippen LogP) is 4.01. The predicted molar refractivity (Wildman–Crippen MR) is 100 cm³/mol. The Hall–Kier alpha value is -3.10. The van der Waals surface area contributed by atoms with Crippen LogP contribution in [0.2, 0.25) is 0 Å². The number of nitrogens with one attached hydrogen (secondary N) is 1. The molecule has 1 heterocycles. The van der Waals surface area contributed by atoms with E-state index >= 15 is 0 Å². The molecule has 3 rings (SSSR count). The Morgan fingerprint density at radius 1 is 1.03 bits per heavy atom. The molecule has 1 fully saturated rings. The van der Waals surface area contributed by atoms with Crippen LogP contribution in [-0.4, -0.2) is 42.7 Å². The number of hydrogen-bond acceptors (Lipinski definition) is 3. The highest BCUT2D eigenvalue weighted by Crippen LogP contribution is 2.23. The van der Waals surface area contributed by atoms with Gasteiger partial charge in [0.2, 0.25) is 0 Å². The molecule has 0 spiro atoms.